The third-order valence-corrected chi connectivity index (χ3v) is 5.66. The van der Waals surface area contributed by atoms with E-state index in [1.54, 1.807) is 20.8 Å². The number of halogens is 1. The first kappa shape index (κ1) is 17.2. The Kier molecular flexibility index (Phi) is 7.04. The Hall–Kier alpha value is 0.200. The van der Waals surface area contributed by atoms with Gasteiger partial charge in [0.15, 0.2) is 9.84 Å². The second-order valence-corrected chi connectivity index (χ2v) is 9.04. The average molecular weight is 284 g/mol. The smallest absolute Gasteiger partial charge is 0.156 e. The highest BCUT2D eigenvalue weighted by Gasteiger charge is 2.28. The van der Waals surface area contributed by atoms with Crippen LogP contribution < -0.4 is 5.32 Å². The highest BCUT2D eigenvalue weighted by molar-refractivity contribution is 7.92. The maximum atomic E-state index is 11.9. The van der Waals surface area contributed by atoms with E-state index in [1.165, 1.54) is 0 Å². The molecule has 0 saturated carbocycles. The quantitative estimate of drug-likeness (QED) is 0.730. The Balaban J connectivity index is 4.14. The Morgan fingerprint density at radius 2 is 1.76 bits per heavy atom. The van der Waals surface area contributed by atoms with Gasteiger partial charge in [0.1, 0.15) is 0 Å². The van der Waals surface area contributed by atoms with Crippen LogP contribution in [0.5, 0.6) is 0 Å². The topological polar surface area (TPSA) is 46.2 Å². The molecule has 0 radical (unpaired) electrons. The van der Waals surface area contributed by atoms with Crippen LogP contribution in [-0.2, 0) is 9.84 Å². The van der Waals surface area contributed by atoms with Gasteiger partial charge in [-0.05, 0) is 33.1 Å². The van der Waals surface area contributed by atoms with E-state index in [-0.39, 0.29) is 11.8 Å². The van der Waals surface area contributed by atoms with Gasteiger partial charge in [-0.25, -0.2) is 8.42 Å². The predicted octanol–water partition coefficient (Wildman–Crippen LogP) is 2.44. The summed E-state index contributed by atoms with van der Waals surface area (Å²) in [5, 5.41) is 3.22. The standard InChI is InChI=1S/C12H26ClNO2S/c1-10(2)8-11(9-13)14-6-7-17(15,16)12(3,4)5/h10-11,14H,6-9H2,1-5H3. The number of hydrogen-bond donors (Lipinski definition) is 1. The SMILES string of the molecule is CC(C)CC(CCl)NCCS(=O)(=O)C(C)(C)C. The van der Waals surface area contributed by atoms with Gasteiger partial charge in [-0.1, -0.05) is 13.8 Å². The van der Waals surface area contributed by atoms with E-state index in [2.05, 4.69) is 19.2 Å². The third kappa shape index (κ3) is 6.63. The summed E-state index contributed by atoms with van der Waals surface area (Å²) in [6.45, 7) is 9.93. The Morgan fingerprint density at radius 1 is 1.24 bits per heavy atom. The molecule has 0 aromatic carbocycles. The molecule has 0 aromatic heterocycles. The molecule has 0 aliphatic rings. The molecule has 3 nitrogen and oxygen atoms in total. The van der Waals surface area contributed by atoms with E-state index in [0.717, 1.165) is 6.42 Å². The van der Waals surface area contributed by atoms with E-state index >= 15 is 0 Å². The van der Waals surface area contributed by atoms with Crippen LogP contribution in [0.4, 0.5) is 0 Å². The molecule has 0 aliphatic carbocycles. The maximum absolute atomic E-state index is 11.9. The normalized spacial score (nSPS) is 15.2. The predicted molar refractivity (Wildman–Crippen MR) is 75.5 cm³/mol. The first-order valence-electron chi connectivity index (χ1n) is 6.12. The summed E-state index contributed by atoms with van der Waals surface area (Å²) in [5.74, 6) is 1.25. The van der Waals surface area contributed by atoms with Gasteiger partial charge in [-0.15, -0.1) is 11.6 Å². The highest BCUT2D eigenvalue weighted by Crippen LogP contribution is 2.15. The van der Waals surface area contributed by atoms with Crippen molar-refractivity contribution in [2.45, 2.75) is 51.8 Å². The molecule has 0 fully saturated rings. The number of sulfone groups is 1. The van der Waals surface area contributed by atoms with Crippen LogP contribution in [0.25, 0.3) is 0 Å². The molecule has 104 valence electrons. The van der Waals surface area contributed by atoms with Crippen LogP contribution in [0.2, 0.25) is 0 Å². The second-order valence-electron chi connectivity index (χ2n) is 5.87. The van der Waals surface area contributed by atoms with Crippen molar-refractivity contribution in [2.75, 3.05) is 18.2 Å². The second kappa shape index (κ2) is 6.95. The van der Waals surface area contributed by atoms with Crippen LogP contribution in [0.3, 0.4) is 0 Å². The highest BCUT2D eigenvalue weighted by atomic mass is 35.5. The summed E-state index contributed by atoms with van der Waals surface area (Å²) in [4.78, 5) is 0. The first-order valence-corrected chi connectivity index (χ1v) is 8.30. The zero-order chi connectivity index (χ0) is 13.7. The zero-order valence-electron chi connectivity index (χ0n) is 11.6. The van der Waals surface area contributed by atoms with Crippen molar-refractivity contribution >= 4 is 21.4 Å². The van der Waals surface area contributed by atoms with Crippen LogP contribution in [0.15, 0.2) is 0 Å². The van der Waals surface area contributed by atoms with E-state index in [1.807, 2.05) is 0 Å². The lowest BCUT2D eigenvalue weighted by molar-refractivity contribution is 0.453. The summed E-state index contributed by atoms with van der Waals surface area (Å²) in [6.07, 6.45) is 0.971. The molecule has 0 bridgehead atoms. The lowest BCUT2D eigenvalue weighted by Crippen LogP contribution is -2.39. The minimum Gasteiger partial charge on any atom is -0.312 e. The van der Waals surface area contributed by atoms with Gasteiger partial charge in [-0.2, -0.15) is 0 Å². The zero-order valence-corrected chi connectivity index (χ0v) is 13.2. The van der Waals surface area contributed by atoms with Crippen molar-refractivity contribution in [3.8, 4) is 0 Å². The Labute approximate surface area is 111 Å². The van der Waals surface area contributed by atoms with Crippen molar-refractivity contribution in [1.82, 2.24) is 5.32 Å². The molecule has 17 heavy (non-hydrogen) atoms. The van der Waals surface area contributed by atoms with E-state index in [0.29, 0.717) is 18.3 Å². The first-order chi connectivity index (χ1) is 7.60. The van der Waals surface area contributed by atoms with Gasteiger partial charge in [0.05, 0.1) is 10.5 Å². The van der Waals surface area contributed by atoms with Gasteiger partial charge >= 0.3 is 0 Å². The number of hydrogen-bond acceptors (Lipinski definition) is 3. The number of alkyl halides is 1. The summed E-state index contributed by atoms with van der Waals surface area (Å²) < 4.78 is 23.1. The van der Waals surface area contributed by atoms with Crippen molar-refractivity contribution in [3.63, 3.8) is 0 Å². The fourth-order valence-corrected chi connectivity index (χ4v) is 2.71. The molecule has 0 spiro atoms. The fraction of sp³-hybridized carbons (Fsp3) is 1.00. The van der Waals surface area contributed by atoms with Crippen LogP contribution in [-0.4, -0.2) is 37.4 Å². The van der Waals surface area contributed by atoms with Gasteiger partial charge in [0, 0.05) is 18.5 Å². The molecule has 5 heteroatoms. The van der Waals surface area contributed by atoms with E-state index in [4.69, 9.17) is 11.6 Å². The van der Waals surface area contributed by atoms with E-state index in [9.17, 15) is 8.42 Å². The van der Waals surface area contributed by atoms with Crippen LogP contribution in [0, 0.1) is 5.92 Å². The molecule has 1 unspecified atom stereocenters. The molecule has 0 aromatic rings. The maximum Gasteiger partial charge on any atom is 0.156 e. The third-order valence-electron chi connectivity index (χ3n) is 2.68. The minimum absolute atomic E-state index is 0.169. The molecular formula is C12H26ClNO2S. The lowest BCUT2D eigenvalue weighted by Gasteiger charge is -2.21. The van der Waals surface area contributed by atoms with Gasteiger partial charge in [0.25, 0.3) is 0 Å². The van der Waals surface area contributed by atoms with Gasteiger partial charge < -0.3 is 5.32 Å². The van der Waals surface area contributed by atoms with Gasteiger partial charge in [-0.3, -0.25) is 0 Å². The van der Waals surface area contributed by atoms with Crippen molar-refractivity contribution in [3.05, 3.63) is 0 Å². The Morgan fingerprint density at radius 3 is 2.12 bits per heavy atom. The molecule has 0 heterocycles. The average Bonchev–Trinajstić information content (AvgIpc) is 2.13. The summed E-state index contributed by atoms with van der Waals surface area (Å²) in [5.41, 5.74) is 0. The summed E-state index contributed by atoms with van der Waals surface area (Å²) in [6, 6.07) is 0.201. The monoisotopic (exact) mass is 283 g/mol. The summed E-state index contributed by atoms with van der Waals surface area (Å²) >= 11 is 5.84. The fourth-order valence-electron chi connectivity index (χ4n) is 1.47. The van der Waals surface area contributed by atoms with Crippen LogP contribution in [0.1, 0.15) is 41.0 Å². The molecule has 0 amide bonds. The van der Waals surface area contributed by atoms with E-state index < -0.39 is 14.6 Å². The van der Waals surface area contributed by atoms with Crippen molar-refractivity contribution in [1.29, 1.82) is 0 Å². The number of rotatable bonds is 7. The molecule has 0 rings (SSSR count). The summed E-state index contributed by atoms with van der Waals surface area (Å²) in [7, 11) is -3.04. The Bertz CT molecular complexity index is 307. The molecule has 0 saturated heterocycles. The molecular weight excluding hydrogens is 258 g/mol. The molecule has 0 aliphatic heterocycles. The molecule has 1 atom stereocenters. The van der Waals surface area contributed by atoms with Crippen LogP contribution >= 0.6 is 11.6 Å². The lowest BCUT2D eigenvalue weighted by atomic mass is 10.1. The largest absolute Gasteiger partial charge is 0.312 e. The molecule has 1 N–H and O–H groups in total. The van der Waals surface area contributed by atoms with Gasteiger partial charge in [0.2, 0.25) is 0 Å². The minimum atomic E-state index is -3.04. The number of nitrogens with one attached hydrogen (secondary N) is 1. The van der Waals surface area contributed by atoms with Crippen molar-refractivity contribution < 1.29 is 8.42 Å². The van der Waals surface area contributed by atoms with Crippen molar-refractivity contribution in [2.24, 2.45) is 5.92 Å².